The van der Waals surface area contributed by atoms with Gasteiger partial charge in [-0.2, -0.15) is 0 Å². The number of thioether (sulfide) groups is 1. The molecule has 23 heavy (non-hydrogen) atoms. The number of rotatable bonds is 1. The molecule has 0 N–H and O–H groups in total. The van der Waals surface area contributed by atoms with E-state index >= 15 is 0 Å². The van der Waals surface area contributed by atoms with Crippen molar-refractivity contribution in [3.05, 3.63) is 35.9 Å². The van der Waals surface area contributed by atoms with E-state index in [1.165, 1.54) is 10.6 Å². The molecule has 1 heterocycles. The van der Waals surface area contributed by atoms with E-state index in [0.717, 1.165) is 13.1 Å². The van der Waals surface area contributed by atoms with E-state index in [0.29, 0.717) is 6.54 Å². The molecule has 0 aliphatic carbocycles. The average Bonchev–Trinajstić information content (AvgIpc) is 2.47. The summed E-state index contributed by atoms with van der Waals surface area (Å²) in [7, 11) is 0. The van der Waals surface area contributed by atoms with Crippen molar-refractivity contribution in [3.63, 3.8) is 0 Å². The van der Waals surface area contributed by atoms with Crippen LogP contribution in [-0.2, 0) is 4.74 Å². The summed E-state index contributed by atoms with van der Waals surface area (Å²) in [5.74, 6) is 0. The van der Waals surface area contributed by atoms with E-state index in [-0.39, 0.29) is 12.1 Å². The van der Waals surface area contributed by atoms with Gasteiger partial charge in [-0.3, -0.25) is 4.90 Å². The van der Waals surface area contributed by atoms with Gasteiger partial charge in [-0.15, -0.1) is 0 Å². The molecule has 1 aliphatic rings. The van der Waals surface area contributed by atoms with Crippen molar-refractivity contribution < 1.29 is 14.1 Å². The van der Waals surface area contributed by atoms with Gasteiger partial charge >= 0.3 is 6.09 Å². The smallest absolute Gasteiger partial charge is 0.410 e. The van der Waals surface area contributed by atoms with Crippen molar-refractivity contribution in [1.29, 1.82) is 0 Å². The van der Waals surface area contributed by atoms with Gasteiger partial charge in [-0.25, -0.2) is 9.37 Å². The van der Waals surface area contributed by atoms with Crippen molar-refractivity contribution in [3.8, 4) is 0 Å². The molecule has 1 atom stereocenters. The fourth-order valence-electron chi connectivity index (χ4n) is 2.74. The highest BCUT2D eigenvalue weighted by Crippen LogP contribution is 2.17. The molecular weight excluding hydrogens is 308 g/mol. The van der Waals surface area contributed by atoms with Gasteiger partial charge in [-0.1, -0.05) is 30.0 Å². The highest BCUT2D eigenvalue weighted by molar-refractivity contribution is 8.13. The average molecular weight is 335 g/mol. The van der Waals surface area contributed by atoms with Crippen LogP contribution in [0.2, 0.25) is 0 Å². The second-order valence-corrected chi connectivity index (χ2v) is 7.64. The summed E-state index contributed by atoms with van der Waals surface area (Å²) in [5.41, 5.74) is 0.784. The monoisotopic (exact) mass is 335 g/mol. The lowest BCUT2D eigenvalue weighted by atomic mass is 10.2. The molecule has 1 aromatic carbocycles. The number of nitrogens with zero attached hydrogens (tertiary/aromatic N) is 2. The summed E-state index contributed by atoms with van der Waals surface area (Å²) in [6, 6.07) is 10.6. The first kappa shape index (κ1) is 17.9. The van der Waals surface area contributed by atoms with Crippen LogP contribution in [0.25, 0.3) is 0 Å². The lowest BCUT2D eigenvalue weighted by Gasteiger charge is -2.33. The number of hydrogen-bond acceptors (Lipinski definition) is 3. The van der Waals surface area contributed by atoms with Gasteiger partial charge in [-0.05, 0) is 46.1 Å². The SMILES string of the molecule is CSC(c1ccccc1)=[N+]1CCN(C(=O)OC(C)(C)C)[C@H](C)C1. The standard InChI is InChI=1S/C18H27N2O2S/c1-14-13-19(16(23-5)15-9-7-6-8-10-15)11-12-20(14)17(21)22-18(2,3)4/h6-10,14H,11-13H2,1-5H3/q+1/t14-/m1/s1. The van der Waals surface area contributed by atoms with E-state index in [1.807, 2.05) is 31.7 Å². The van der Waals surface area contributed by atoms with Crippen molar-refractivity contribution in [2.45, 2.75) is 39.3 Å². The van der Waals surface area contributed by atoms with Gasteiger partial charge in [0.15, 0.2) is 13.1 Å². The van der Waals surface area contributed by atoms with Gasteiger partial charge in [0.25, 0.3) is 0 Å². The van der Waals surface area contributed by atoms with Gasteiger partial charge in [0.05, 0.1) is 18.2 Å². The first-order valence-electron chi connectivity index (χ1n) is 8.03. The molecule has 1 amide bonds. The minimum atomic E-state index is -0.450. The first-order chi connectivity index (χ1) is 10.8. The van der Waals surface area contributed by atoms with E-state index < -0.39 is 5.60 Å². The van der Waals surface area contributed by atoms with Crippen LogP contribution in [-0.4, -0.2) is 58.1 Å². The maximum absolute atomic E-state index is 12.3. The number of piperazine rings is 1. The zero-order valence-corrected chi connectivity index (χ0v) is 15.5. The van der Waals surface area contributed by atoms with Gasteiger partial charge in [0.1, 0.15) is 5.60 Å². The van der Waals surface area contributed by atoms with E-state index in [9.17, 15) is 4.79 Å². The Morgan fingerprint density at radius 2 is 1.96 bits per heavy atom. The second kappa shape index (κ2) is 7.39. The Hall–Kier alpha value is -1.49. The van der Waals surface area contributed by atoms with Gasteiger partial charge in [0, 0.05) is 0 Å². The molecule has 0 aromatic heterocycles. The Morgan fingerprint density at radius 3 is 2.48 bits per heavy atom. The predicted molar refractivity (Wildman–Crippen MR) is 96.5 cm³/mol. The summed E-state index contributed by atoms with van der Waals surface area (Å²) >= 11 is 1.76. The maximum Gasteiger partial charge on any atom is 0.410 e. The van der Waals surface area contributed by atoms with Crippen molar-refractivity contribution >= 4 is 22.9 Å². The van der Waals surface area contributed by atoms with Crippen LogP contribution < -0.4 is 0 Å². The van der Waals surface area contributed by atoms with Crippen LogP contribution in [0.15, 0.2) is 30.3 Å². The third-order valence-corrected chi connectivity index (χ3v) is 4.64. The Balaban J connectivity index is 2.14. The van der Waals surface area contributed by atoms with Crippen molar-refractivity contribution in [1.82, 2.24) is 4.90 Å². The summed E-state index contributed by atoms with van der Waals surface area (Å²) in [6.45, 7) is 10.1. The molecular formula is C18H27N2O2S+. The fraction of sp³-hybridized carbons (Fsp3) is 0.556. The summed E-state index contributed by atoms with van der Waals surface area (Å²) in [5, 5.41) is 1.27. The number of carbonyl (C=O) groups excluding carboxylic acids is 1. The molecule has 1 saturated heterocycles. The van der Waals surface area contributed by atoms with E-state index in [1.54, 1.807) is 11.8 Å². The van der Waals surface area contributed by atoms with Crippen molar-refractivity contribution in [2.24, 2.45) is 0 Å². The van der Waals surface area contributed by atoms with Crippen molar-refractivity contribution in [2.75, 3.05) is 25.9 Å². The molecule has 0 unspecified atom stereocenters. The number of carbonyl (C=O) groups is 1. The molecule has 5 heteroatoms. The van der Waals surface area contributed by atoms with Gasteiger partial charge in [0.2, 0.25) is 5.04 Å². The molecule has 1 aliphatic heterocycles. The molecule has 0 saturated carbocycles. The van der Waals surface area contributed by atoms with Gasteiger partial charge < -0.3 is 4.74 Å². The Kier molecular flexibility index (Phi) is 5.74. The second-order valence-electron chi connectivity index (χ2n) is 6.84. The molecule has 0 bridgehead atoms. The van der Waals surface area contributed by atoms with Crippen LogP contribution in [0.3, 0.4) is 0 Å². The highest BCUT2D eigenvalue weighted by atomic mass is 32.2. The topological polar surface area (TPSA) is 32.5 Å². The lowest BCUT2D eigenvalue weighted by molar-refractivity contribution is -0.541. The molecule has 126 valence electrons. The molecule has 1 aromatic rings. The number of hydrogen-bond donors (Lipinski definition) is 0. The largest absolute Gasteiger partial charge is 0.444 e. The lowest BCUT2D eigenvalue weighted by Crippen LogP contribution is -2.53. The van der Waals surface area contributed by atoms with E-state index in [4.69, 9.17) is 4.74 Å². The normalized spacial score (nSPS) is 21.1. The minimum Gasteiger partial charge on any atom is -0.444 e. The summed E-state index contributed by atoms with van der Waals surface area (Å²) in [4.78, 5) is 14.2. The van der Waals surface area contributed by atoms with Crippen LogP contribution in [0.4, 0.5) is 4.79 Å². The zero-order valence-electron chi connectivity index (χ0n) is 14.7. The van der Waals surface area contributed by atoms with Crippen LogP contribution >= 0.6 is 11.8 Å². The quantitative estimate of drug-likeness (QED) is 0.582. The third kappa shape index (κ3) is 4.74. The first-order valence-corrected chi connectivity index (χ1v) is 9.25. The number of amides is 1. The third-order valence-electron chi connectivity index (χ3n) is 3.76. The molecule has 4 nitrogen and oxygen atoms in total. The van der Waals surface area contributed by atoms with Crippen LogP contribution in [0.5, 0.6) is 0 Å². The summed E-state index contributed by atoms with van der Waals surface area (Å²) < 4.78 is 7.88. The van der Waals surface area contributed by atoms with E-state index in [2.05, 4.69) is 42.0 Å². The molecule has 0 radical (unpaired) electrons. The number of benzene rings is 1. The zero-order chi connectivity index (χ0) is 17.0. The Bertz CT molecular complexity index is 578. The van der Waals surface area contributed by atoms with Crippen LogP contribution in [0.1, 0.15) is 33.3 Å². The predicted octanol–water partition coefficient (Wildman–Crippen LogP) is 3.45. The van der Waals surface area contributed by atoms with Crippen LogP contribution in [0, 0.1) is 0 Å². The molecule has 2 rings (SSSR count). The number of ether oxygens (including phenoxy) is 1. The highest BCUT2D eigenvalue weighted by Gasteiger charge is 2.34. The maximum atomic E-state index is 12.3. The minimum absolute atomic E-state index is 0.129. The molecule has 0 spiro atoms. The Morgan fingerprint density at radius 1 is 1.30 bits per heavy atom. The summed E-state index contributed by atoms with van der Waals surface area (Å²) in [6.07, 6.45) is 1.89. The Labute approximate surface area is 143 Å². The fourth-order valence-corrected chi connectivity index (χ4v) is 3.54. The molecule has 1 fully saturated rings.